The fourth-order valence-electron chi connectivity index (χ4n) is 2.53. The smallest absolute Gasteiger partial charge is 0.187 e. The number of aryl methyl sites for hydroxylation is 1. The summed E-state index contributed by atoms with van der Waals surface area (Å²) in [5, 5.41) is 9.39. The van der Waals surface area contributed by atoms with Crippen molar-refractivity contribution in [1.29, 1.82) is 0 Å². The van der Waals surface area contributed by atoms with Gasteiger partial charge in [0.05, 0.1) is 5.69 Å². The number of nitrogens with zero attached hydrogens (tertiary/aromatic N) is 5. The summed E-state index contributed by atoms with van der Waals surface area (Å²) >= 11 is 1.65. The van der Waals surface area contributed by atoms with Crippen molar-refractivity contribution in [3.05, 3.63) is 72.1 Å². The first-order chi connectivity index (χ1) is 11.8. The molecule has 0 atom stereocenters. The zero-order valence-corrected chi connectivity index (χ0v) is 13.9. The minimum Gasteiger partial charge on any atom is -0.227 e. The summed E-state index contributed by atoms with van der Waals surface area (Å²) < 4.78 is 1.74. The van der Waals surface area contributed by atoms with Crippen LogP contribution in [0.15, 0.2) is 66.0 Å². The third-order valence-corrected chi connectivity index (χ3v) is 4.71. The van der Waals surface area contributed by atoms with Crippen molar-refractivity contribution in [1.82, 2.24) is 25.0 Å². The van der Waals surface area contributed by atoms with Gasteiger partial charge < -0.3 is 0 Å². The van der Waals surface area contributed by atoms with Crippen LogP contribution in [0.25, 0.3) is 16.9 Å². The first-order valence-corrected chi connectivity index (χ1v) is 8.60. The second kappa shape index (κ2) is 6.41. The van der Waals surface area contributed by atoms with E-state index in [-0.39, 0.29) is 0 Å². The normalized spacial score (nSPS) is 11.0. The Morgan fingerprint density at radius 3 is 2.71 bits per heavy atom. The number of thioether (sulfide) groups is 1. The van der Waals surface area contributed by atoms with Gasteiger partial charge in [0.2, 0.25) is 0 Å². The van der Waals surface area contributed by atoms with Crippen molar-refractivity contribution >= 4 is 22.9 Å². The van der Waals surface area contributed by atoms with Gasteiger partial charge in [0.1, 0.15) is 11.4 Å². The second-order valence-corrected chi connectivity index (χ2v) is 6.43. The lowest BCUT2D eigenvalue weighted by Gasteiger charge is -2.03. The van der Waals surface area contributed by atoms with Gasteiger partial charge in [0, 0.05) is 5.75 Å². The first-order valence-electron chi connectivity index (χ1n) is 7.61. The lowest BCUT2D eigenvalue weighted by Crippen LogP contribution is -1.97. The number of hydrogen-bond acceptors (Lipinski definition) is 5. The minimum atomic E-state index is 0.725. The largest absolute Gasteiger partial charge is 0.227 e. The summed E-state index contributed by atoms with van der Waals surface area (Å²) in [5.41, 5.74) is 4.92. The Morgan fingerprint density at radius 2 is 1.88 bits per heavy atom. The number of hydrogen-bond donors (Lipinski definition) is 0. The summed E-state index contributed by atoms with van der Waals surface area (Å²) in [5.74, 6) is 0.839. The van der Waals surface area contributed by atoms with Gasteiger partial charge in [-0.15, -0.1) is 5.10 Å². The number of fused-ring (bicyclic) bond motifs is 1. The summed E-state index contributed by atoms with van der Waals surface area (Å²) in [4.78, 5) is 8.75. The SMILES string of the molecule is Cc1cccc(CSc2ncnc3c2nnn3-c2ccccc2)c1. The summed E-state index contributed by atoms with van der Waals surface area (Å²) in [6.45, 7) is 2.10. The molecule has 2 aromatic heterocycles. The van der Waals surface area contributed by atoms with Crippen LogP contribution in [-0.4, -0.2) is 25.0 Å². The highest BCUT2D eigenvalue weighted by Crippen LogP contribution is 2.27. The van der Waals surface area contributed by atoms with Crippen LogP contribution < -0.4 is 0 Å². The molecular formula is C18H15N5S. The molecule has 0 amide bonds. The van der Waals surface area contributed by atoms with E-state index in [1.807, 2.05) is 30.3 Å². The molecule has 0 spiro atoms. The molecule has 2 aromatic carbocycles. The molecule has 0 saturated heterocycles. The van der Waals surface area contributed by atoms with Crippen LogP contribution in [0.1, 0.15) is 11.1 Å². The molecule has 118 valence electrons. The maximum absolute atomic E-state index is 4.39. The maximum Gasteiger partial charge on any atom is 0.187 e. The average Bonchev–Trinajstić information content (AvgIpc) is 3.05. The molecule has 0 aliphatic rings. The van der Waals surface area contributed by atoms with Crippen LogP contribution in [0.4, 0.5) is 0 Å². The molecule has 6 heteroatoms. The molecule has 0 aliphatic heterocycles. The standard InChI is InChI=1S/C18H15N5S/c1-13-6-5-7-14(10-13)11-24-18-16-17(19-12-20-18)23(22-21-16)15-8-3-2-4-9-15/h2-10,12H,11H2,1H3. The number of benzene rings is 2. The predicted octanol–water partition coefficient (Wildman–Crippen LogP) is 3.81. The third kappa shape index (κ3) is 2.88. The van der Waals surface area contributed by atoms with Crippen LogP contribution in [-0.2, 0) is 5.75 Å². The van der Waals surface area contributed by atoms with Gasteiger partial charge in [-0.05, 0) is 24.6 Å². The van der Waals surface area contributed by atoms with Crippen molar-refractivity contribution in [2.24, 2.45) is 0 Å². The first kappa shape index (κ1) is 14.8. The summed E-state index contributed by atoms with van der Waals surface area (Å²) in [6.07, 6.45) is 1.57. The Morgan fingerprint density at radius 1 is 1.00 bits per heavy atom. The molecule has 0 radical (unpaired) electrons. The van der Waals surface area contributed by atoms with Crippen molar-refractivity contribution < 1.29 is 0 Å². The second-order valence-electron chi connectivity index (χ2n) is 5.47. The van der Waals surface area contributed by atoms with Crippen LogP contribution in [0, 0.1) is 6.92 Å². The summed E-state index contributed by atoms with van der Waals surface area (Å²) in [7, 11) is 0. The molecule has 5 nitrogen and oxygen atoms in total. The molecule has 2 heterocycles. The van der Waals surface area contributed by atoms with Crippen molar-refractivity contribution in [2.45, 2.75) is 17.7 Å². The molecule has 0 fully saturated rings. The van der Waals surface area contributed by atoms with Gasteiger partial charge in [-0.2, -0.15) is 4.68 Å². The highest BCUT2D eigenvalue weighted by atomic mass is 32.2. The highest BCUT2D eigenvalue weighted by molar-refractivity contribution is 7.98. The van der Waals surface area contributed by atoms with E-state index in [2.05, 4.69) is 51.5 Å². The molecule has 4 rings (SSSR count). The van der Waals surface area contributed by atoms with Crippen molar-refractivity contribution in [2.75, 3.05) is 0 Å². The highest BCUT2D eigenvalue weighted by Gasteiger charge is 2.13. The van der Waals surface area contributed by atoms with E-state index in [0.717, 1.165) is 27.6 Å². The molecule has 0 aliphatic carbocycles. The molecule has 0 N–H and O–H groups in total. The van der Waals surface area contributed by atoms with Crippen LogP contribution in [0.2, 0.25) is 0 Å². The van der Waals surface area contributed by atoms with E-state index in [1.165, 1.54) is 11.1 Å². The quantitative estimate of drug-likeness (QED) is 0.420. The molecular weight excluding hydrogens is 318 g/mol. The molecule has 0 bridgehead atoms. The van der Waals surface area contributed by atoms with Crippen molar-refractivity contribution in [3.63, 3.8) is 0 Å². The number of rotatable bonds is 4. The topological polar surface area (TPSA) is 56.5 Å². The van der Waals surface area contributed by atoms with Gasteiger partial charge >= 0.3 is 0 Å². The fourth-order valence-corrected chi connectivity index (χ4v) is 3.40. The Labute approximate surface area is 143 Å². The van der Waals surface area contributed by atoms with E-state index >= 15 is 0 Å². The summed E-state index contributed by atoms with van der Waals surface area (Å²) in [6, 6.07) is 18.4. The monoisotopic (exact) mass is 333 g/mol. The zero-order chi connectivity index (χ0) is 16.4. The van der Waals surface area contributed by atoms with Gasteiger partial charge in [-0.25, -0.2) is 9.97 Å². The molecule has 0 unspecified atom stereocenters. The maximum atomic E-state index is 4.39. The molecule has 24 heavy (non-hydrogen) atoms. The number of aromatic nitrogens is 5. The predicted molar refractivity (Wildman–Crippen MR) is 95.2 cm³/mol. The van der Waals surface area contributed by atoms with Crippen molar-refractivity contribution in [3.8, 4) is 5.69 Å². The van der Waals surface area contributed by atoms with Crippen LogP contribution in [0.5, 0.6) is 0 Å². The van der Waals surface area contributed by atoms with Gasteiger partial charge in [0.25, 0.3) is 0 Å². The third-order valence-electron chi connectivity index (χ3n) is 3.66. The van der Waals surface area contributed by atoms with Gasteiger partial charge in [-0.3, -0.25) is 0 Å². The van der Waals surface area contributed by atoms with E-state index < -0.39 is 0 Å². The van der Waals surface area contributed by atoms with Gasteiger partial charge in [0.15, 0.2) is 11.2 Å². The van der Waals surface area contributed by atoms with Crippen LogP contribution >= 0.6 is 11.8 Å². The molecule has 0 saturated carbocycles. The van der Waals surface area contributed by atoms with E-state index in [9.17, 15) is 0 Å². The molecule has 4 aromatic rings. The minimum absolute atomic E-state index is 0.725. The average molecular weight is 333 g/mol. The Kier molecular flexibility index (Phi) is 3.96. The van der Waals surface area contributed by atoms with E-state index in [1.54, 1.807) is 22.8 Å². The fraction of sp³-hybridized carbons (Fsp3) is 0.111. The van der Waals surface area contributed by atoms with Gasteiger partial charge in [-0.1, -0.05) is 65.0 Å². The lowest BCUT2D eigenvalue weighted by atomic mass is 10.2. The zero-order valence-electron chi connectivity index (χ0n) is 13.1. The number of para-hydroxylation sites is 1. The van der Waals surface area contributed by atoms with E-state index in [4.69, 9.17) is 0 Å². The lowest BCUT2D eigenvalue weighted by molar-refractivity contribution is 0.817. The Bertz CT molecular complexity index is 981. The van der Waals surface area contributed by atoms with Crippen LogP contribution in [0.3, 0.4) is 0 Å². The van der Waals surface area contributed by atoms with E-state index in [0.29, 0.717) is 0 Å². The Balaban J connectivity index is 1.66. The Hall–Kier alpha value is -2.73.